The van der Waals surface area contributed by atoms with Crippen molar-refractivity contribution in [3.63, 3.8) is 0 Å². The molecule has 0 bridgehead atoms. The predicted octanol–water partition coefficient (Wildman–Crippen LogP) is -0.373. The number of fused-ring (bicyclic) bond motifs is 1. The maximum Gasteiger partial charge on any atom is 0.218 e. The van der Waals surface area contributed by atoms with E-state index in [0.29, 0.717) is 10.8 Å². The molecule has 1 N–H and O–H groups in total. The molecule has 0 aliphatic rings. The van der Waals surface area contributed by atoms with Crippen molar-refractivity contribution >= 4 is 28.3 Å². The molecule has 0 fully saturated rings. The molecule has 0 aliphatic heterocycles. The highest BCUT2D eigenvalue weighted by molar-refractivity contribution is 6.33. The van der Waals surface area contributed by atoms with Crippen LogP contribution in [0.3, 0.4) is 0 Å². The van der Waals surface area contributed by atoms with Gasteiger partial charge in [0.05, 0.1) is 23.6 Å². The zero-order valence-electron chi connectivity index (χ0n) is 17.1. The monoisotopic (exact) mass is 475 g/mol. The fraction of sp³-hybridized carbons (Fsp3) is 0.0870. The number of hydrogen-bond acceptors (Lipinski definition) is 6. The highest BCUT2D eigenvalue weighted by Gasteiger charge is 2.12. The average molecular weight is 476 g/mol. The fourth-order valence-electron chi connectivity index (χ4n) is 2.98. The SMILES string of the molecule is COc1ccc2oc(-c3ccccc3Cl)cc(=[NH+]c3ccc(C)cc3)c2c1.[O-][Cl+3]([O-])([O-])[O-]. The van der Waals surface area contributed by atoms with E-state index in [9.17, 15) is 0 Å². The number of nitrogens with one attached hydrogen (secondary N) is 1. The minimum absolute atomic E-state index is 0.649. The third-order valence-corrected chi connectivity index (χ3v) is 4.77. The Hall–Kier alpha value is -2.91. The molecule has 166 valence electrons. The molecule has 7 nitrogen and oxygen atoms in total. The smallest absolute Gasteiger partial charge is 0.218 e. The van der Waals surface area contributed by atoms with Gasteiger partial charge < -0.3 is 9.15 Å². The third kappa shape index (κ3) is 6.54. The fourth-order valence-corrected chi connectivity index (χ4v) is 3.21. The summed E-state index contributed by atoms with van der Waals surface area (Å²) in [5.74, 6) is 1.48. The first-order valence-corrected chi connectivity index (χ1v) is 10.9. The van der Waals surface area contributed by atoms with Crippen LogP contribution in [-0.2, 0) is 0 Å². The molecule has 32 heavy (non-hydrogen) atoms. The Labute approximate surface area is 191 Å². The summed E-state index contributed by atoms with van der Waals surface area (Å²) < 4.78 is 45.5. The number of halogens is 2. The molecule has 0 saturated carbocycles. The van der Waals surface area contributed by atoms with Crippen molar-refractivity contribution in [2.24, 2.45) is 0 Å². The normalized spacial score (nSPS) is 11.8. The van der Waals surface area contributed by atoms with Crippen LogP contribution in [0.15, 0.2) is 77.2 Å². The van der Waals surface area contributed by atoms with E-state index < -0.39 is 10.2 Å². The van der Waals surface area contributed by atoms with Crippen LogP contribution in [0.4, 0.5) is 5.69 Å². The van der Waals surface area contributed by atoms with Gasteiger partial charge >= 0.3 is 0 Å². The number of aryl methyl sites for hydroxylation is 1. The molecule has 1 aromatic heterocycles. The van der Waals surface area contributed by atoms with Crippen molar-refractivity contribution in [3.05, 3.63) is 88.7 Å². The molecular formula is C23H19Cl2NO6. The molecule has 0 radical (unpaired) electrons. The van der Waals surface area contributed by atoms with Crippen molar-refractivity contribution in [1.29, 1.82) is 0 Å². The van der Waals surface area contributed by atoms with Gasteiger partial charge in [0, 0.05) is 17.7 Å². The van der Waals surface area contributed by atoms with Crippen LogP contribution < -0.4 is 33.7 Å². The van der Waals surface area contributed by atoms with Gasteiger partial charge in [-0.2, -0.15) is 0 Å². The van der Waals surface area contributed by atoms with E-state index in [1.807, 2.05) is 48.5 Å². The third-order valence-electron chi connectivity index (χ3n) is 4.44. The van der Waals surface area contributed by atoms with Crippen LogP contribution in [0.2, 0.25) is 5.02 Å². The summed E-state index contributed by atoms with van der Waals surface area (Å²) in [5, 5.41) is 2.51. The summed E-state index contributed by atoms with van der Waals surface area (Å²) >= 11 is 6.39. The van der Waals surface area contributed by atoms with Gasteiger partial charge in [-0.05, 0) is 37.3 Å². The van der Waals surface area contributed by atoms with Crippen LogP contribution in [0.25, 0.3) is 22.3 Å². The Bertz CT molecular complexity index is 1270. The first kappa shape index (κ1) is 23.7. The molecular weight excluding hydrogens is 457 g/mol. The molecule has 0 saturated heterocycles. The Morgan fingerprint density at radius 2 is 1.56 bits per heavy atom. The second-order valence-corrected chi connectivity index (χ2v) is 7.90. The molecule has 3 aromatic carbocycles. The molecule has 0 spiro atoms. The van der Waals surface area contributed by atoms with Crippen LogP contribution in [0, 0.1) is 17.2 Å². The van der Waals surface area contributed by atoms with Crippen molar-refractivity contribution in [2.45, 2.75) is 6.92 Å². The average Bonchev–Trinajstić information content (AvgIpc) is 2.74. The quantitative estimate of drug-likeness (QED) is 0.430. The minimum Gasteiger partial charge on any atom is -0.497 e. The van der Waals surface area contributed by atoms with Crippen molar-refractivity contribution in [2.75, 3.05) is 7.11 Å². The number of rotatable bonds is 3. The lowest BCUT2D eigenvalue weighted by Gasteiger charge is -2.17. The van der Waals surface area contributed by atoms with Gasteiger partial charge in [-0.1, -0.05) is 41.4 Å². The van der Waals surface area contributed by atoms with E-state index in [1.165, 1.54) is 5.56 Å². The van der Waals surface area contributed by atoms with Gasteiger partial charge in [-0.25, -0.2) is 23.6 Å². The summed E-state index contributed by atoms with van der Waals surface area (Å²) in [6.45, 7) is 2.07. The van der Waals surface area contributed by atoms with Gasteiger partial charge in [0.1, 0.15) is 17.1 Å². The summed E-state index contributed by atoms with van der Waals surface area (Å²) in [7, 11) is -3.29. The molecule has 0 amide bonds. The maximum absolute atomic E-state index is 8.49. The number of ether oxygens (including phenoxy) is 1. The lowest BCUT2D eigenvalue weighted by molar-refractivity contribution is -2.00. The Kier molecular flexibility index (Phi) is 7.52. The van der Waals surface area contributed by atoms with Crippen LogP contribution in [0.5, 0.6) is 5.75 Å². The molecule has 0 unspecified atom stereocenters. The van der Waals surface area contributed by atoms with Crippen molar-refractivity contribution < 1.29 is 43.0 Å². The van der Waals surface area contributed by atoms with Crippen molar-refractivity contribution in [3.8, 4) is 17.1 Å². The summed E-state index contributed by atoms with van der Waals surface area (Å²) in [5.41, 5.74) is 3.82. The predicted molar refractivity (Wildman–Crippen MR) is 108 cm³/mol. The number of benzene rings is 3. The second-order valence-electron chi connectivity index (χ2n) is 6.74. The van der Waals surface area contributed by atoms with E-state index in [0.717, 1.165) is 33.3 Å². The zero-order chi connectivity index (χ0) is 23.3. The molecule has 0 atom stereocenters. The number of methoxy groups -OCH3 is 1. The zero-order valence-corrected chi connectivity index (χ0v) is 18.6. The van der Waals surface area contributed by atoms with E-state index in [2.05, 4.69) is 36.2 Å². The molecule has 4 aromatic rings. The Morgan fingerprint density at radius 1 is 0.906 bits per heavy atom. The second kappa shape index (κ2) is 10.1. The van der Waals surface area contributed by atoms with Gasteiger partial charge in [-0.3, -0.25) is 0 Å². The standard InChI is InChI=1S/C23H18ClNO2.ClHO4/c1-15-7-9-16(10-8-15)25-21-14-23(18-5-3-4-6-20(18)24)27-22-12-11-17(26-2)13-19(21)22;2-1(3,4)5/h3-14H,1-2H3;(H,2,3,4,5). The van der Waals surface area contributed by atoms with Crippen molar-refractivity contribution in [1.82, 2.24) is 0 Å². The van der Waals surface area contributed by atoms with E-state index >= 15 is 0 Å². The first-order valence-electron chi connectivity index (χ1n) is 9.29. The highest BCUT2D eigenvalue weighted by Crippen LogP contribution is 2.29. The topological polar surface area (TPSA) is 129 Å². The Morgan fingerprint density at radius 3 is 2.19 bits per heavy atom. The highest BCUT2D eigenvalue weighted by atomic mass is 35.7. The summed E-state index contributed by atoms with van der Waals surface area (Å²) in [6, 6.07) is 23.7. The number of hydrogen-bond donors (Lipinski definition) is 1. The van der Waals surface area contributed by atoms with Crippen LogP contribution in [0.1, 0.15) is 5.56 Å². The molecule has 4 rings (SSSR count). The maximum atomic E-state index is 8.49. The van der Waals surface area contributed by atoms with Crippen LogP contribution >= 0.6 is 11.6 Å². The van der Waals surface area contributed by atoms with Gasteiger partial charge in [-0.15, -0.1) is 10.2 Å². The lowest BCUT2D eigenvalue weighted by Crippen LogP contribution is -2.70. The van der Waals surface area contributed by atoms with E-state index in [-0.39, 0.29) is 0 Å². The summed E-state index contributed by atoms with van der Waals surface area (Å²) in [6.07, 6.45) is 0. The first-order chi connectivity index (χ1) is 15.1. The van der Waals surface area contributed by atoms with Gasteiger partial charge in [0.15, 0.2) is 0 Å². The molecule has 1 heterocycles. The lowest BCUT2D eigenvalue weighted by atomic mass is 10.1. The molecule has 9 heteroatoms. The van der Waals surface area contributed by atoms with Gasteiger partial charge in [0.25, 0.3) is 0 Å². The summed E-state index contributed by atoms with van der Waals surface area (Å²) in [4.78, 5) is 3.50. The Balaban J connectivity index is 0.000000523. The van der Waals surface area contributed by atoms with E-state index in [4.69, 9.17) is 39.4 Å². The largest absolute Gasteiger partial charge is 0.497 e. The van der Waals surface area contributed by atoms with Gasteiger partial charge in [0.2, 0.25) is 11.0 Å². The van der Waals surface area contributed by atoms with E-state index in [1.54, 1.807) is 7.11 Å². The van der Waals surface area contributed by atoms with Crippen LogP contribution in [-0.4, -0.2) is 7.11 Å². The molecule has 0 aliphatic carbocycles. The minimum atomic E-state index is -4.94.